The Morgan fingerprint density at radius 2 is 2.08 bits per heavy atom. The zero-order valence-corrected chi connectivity index (χ0v) is 15.6. The van der Waals surface area contributed by atoms with Crippen LogP contribution in [0.2, 0.25) is 5.02 Å². The summed E-state index contributed by atoms with van der Waals surface area (Å²) in [6.07, 6.45) is 2.78. The van der Waals surface area contributed by atoms with Gasteiger partial charge in [0.2, 0.25) is 11.8 Å². The number of halogens is 2. The summed E-state index contributed by atoms with van der Waals surface area (Å²) in [4.78, 5) is 23.6. The maximum absolute atomic E-state index is 12.3. The summed E-state index contributed by atoms with van der Waals surface area (Å²) >= 11 is 5.99. The maximum atomic E-state index is 12.3. The van der Waals surface area contributed by atoms with Crippen molar-refractivity contribution in [2.45, 2.75) is 33.1 Å². The molecule has 0 aromatic heterocycles. The Bertz CT molecular complexity index is 575. The molecule has 1 aromatic rings. The molecule has 134 valence electrons. The van der Waals surface area contributed by atoms with Crippen LogP contribution in [0.15, 0.2) is 18.2 Å². The molecule has 7 heteroatoms. The minimum absolute atomic E-state index is 0. The van der Waals surface area contributed by atoms with Gasteiger partial charge in [0, 0.05) is 18.4 Å². The molecule has 1 saturated heterocycles. The van der Waals surface area contributed by atoms with E-state index in [0.29, 0.717) is 34.7 Å². The third-order valence-electron chi connectivity index (χ3n) is 4.21. The number of hydrogen-bond acceptors (Lipinski definition) is 3. The number of piperidine rings is 1. The Hall–Kier alpha value is -1.30. The highest BCUT2D eigenvalue weighted by atomic mass is 35.5. The second-order valence-electron chi connectivity index (χ2n) is 6.21. The van der Waals surface area contributed by atoms with Gasteiger partial charge in [0.25, 0.3) is 0 Å². The molecule has 3 N–H and O–H groups in total. The molecular formula is C17H25Cl2N3O2. The van der Waals surface area contributed by atoms with E-state index in [1.54, 1.807) is 18.2 Å². The van der Waals surface area contributed by atoms with Crippen LogP contribution in [0.4, 0.5) is 11.4 Å². The molecule has 2 rings (SSSR count). The number of carbonyl (C=O) groups excluding carboxylic acids is 2. The molecule has 0 aliphatic carbocycles. The summed E-state index contributed by atoms with van der Waals surface area (Å²) in [5.41, 5.74) is 1.09. The Kier molecular flexibility index (Phi) is 8.53. The number of amides is 2. The first-order valence-corrected chi connectivity index (χ1v) is 8.41. The van der Waals surface area contributed by atoms with Crippen molar-refractivity contribution in [2.24, 2.45) is 11.8 Å². The lowest BCUT2D eigenvalue weighted by Crippen LogP contribution is -2.34. The van der Waals surface area contributed by atoms with Crippen LogP contribution < -0.4 is 16.0 Å². The average Bonchev–Trinajstić information content (AvgIpc) is 2.50. The average molecular weight is 374 g/mol. The highest BCUT2D eigenvalue weighted by Gasteiger charge is 2.22. The van der Waals surface area contributed by atoms with Crippen LogP contribution in [0.25, 0.3) is 0 Å². The molecule has 1 fully saturated rings. The third kappa shape index (κ3) is 6.30. The molecule has 1 aliphatic rings. The van der Waals surface area contributed by atoms with Gasteiger partial charge in [-0.3, -0.25) is 9.59 Å². The van der Waals surface area contributed by atoms with E-state index in [0.717, 1.165) is 25.9 Å². The fourth-order valence-corrected chi connectivity index (χ4v) is 3.12. The molecule has 1 aliphatic heterocycles. The van der Waals surface area contributed by atoms with Crippen molar-refractivity contribution in [1.29, 1.82) is 0 Å². The Morgan fingerprint density at radius 1 is 1.33 bits per heavy atom. The van der Waals surface area contributed by atoms with E-state index in [-0.39, 0.29) is 24.2 Å². The van der Waals surface area contributed by atoms with E-state index in [1.807, 2.05) is 0 Å². The molecule has 2 atom stereocenters. The second-order valence-corrected chi connectivity index (χ2v) is 6.64. The van der Waals surface area contributed by atoms with Gasteiger partial charge in [-0.05, 0) is 56.0 Å². The number of nitrogens with one attached hydrogen (secondary N) is 3. The van der Waals surface area contributed by atoms with Crippen LogP contribution >= 0.6 is 24.0 Å². The lowest BCUT2D eigenvalue weighted by molar-refractivity contribution is -0.117. The van der Waals surface area contributed by atoms with Gasteiger partial charge in [0.05, 0.1) is 11.4 Å². The summed E-state index contributed by atoms with van der Waals surface area (Å²) in [6.45, 7) is 5.59. The van der Waals surface area contributed by atoms with E-state index >= 15 is 0 Å². The molecule has 5 nitrogen and oxygen atoms in total. The Balaban J connectivity index is 0.00000288. The molecule has 1 aromatic carbocycles. The standard InChI is InChI=1S/C17H24ClN3O2.ClH/c1-11(13-4-3-7-19-10-13)8-17(23)21-16-9-14(18)5-6-15(16)20-12(2)22;/h5-6,9,11,13,19H,3-4,7-8,10H2,1-2H3,(H,20,22)(H,21,23);1H. The summed E-state index contributed by atoms with van der Waals surface area (Å²) in [7, 11) is 0. The molecule has 2 amide bonds. The fourth-order valence-electron chi connectivity index (χ4n) is 2.94. The van der Waals surface area contributed by atoms with Gasteiger partial charge in [-0.1, -0.05) is 18.5 Å². The quantitative estimate of drug-likeness (QED) is 0.736. The van der Waals surface area contributed by atoms with Gasteiger partial charge in [-0.2, -0.15) is 0 Å². The van der Waals surface area contributed by atoms with Crippen LogP contribution in [-0.2, 0) is 9.59 Å². The smallest absolute Gasteiger partial charge is 0.224 e. The molecule has 1 heterocycles. The summed E-state index contributed by atoms with van der Waals surface area (Å²) in [5, 5.41) is 9.46. The van der Waals surface area contributed by atoms with Crippen LogP contribution in [0.1, 0.15) is 33.1 Å². The molecule has 0 bridgehead atoms. The van der Waals surface area contributed by atoms with E-state index in [1.165, 1.54) is 6.92 Å². The first-order chi connectivity index (χ1) is 11.0. The van der Waals surface area contributed by atoms with Crippen LogP contribution in [-0.4, -0.2) is 24.9 Å². The number of carbonyl (C=O) groups is 2. The van der Waals surface area contributed by atoms with Crippen LogP contribution in [0, 0.1) is 11.8 Å². The molecule has 0 saturated carbocycles. The normalized spacial score (nSPS) is 18.2. The topological polar surface area (TPSA) is 70.2 Å². The second kappa shape index (κ2) is 9.87. The Labute approximate surface area is 154 Å². The van der Waals surface area contributed by atoms with E-state index < -0.39 is 0 Å². The number of benzene rings is 1. The zero-order chi connectivity index (χ0) is 16.8. The molecule has 24 heavy (non-hydrogen) atoms. The molecule has 2 unspecified atom stereocenters. The predicted octanol–water partition coefficient (Wildman–Crippen LogP) is 3.68. The van der Waals surface area contributed by atoms with Gasteiger partial charge in [0.1, 0.15) is 0 Å². The third-order valence-corrected chi connectivity index (χ3v) is 4.45. The number of anilines is 2. The van der Waals surface area contributed by atoms with Crippen LogP contribution in [0.5, 0.6) is 0 Å². The van der Waals surface area contributed by atoms with Crippen molar-refractivity contribution in [2.75, 3.05) is 23.7 Å². The van der Waals surface area contributed by atoms with E-state index in [9.17, 15) is 9.59 Å². The van der Waals surface area contributed by atoms with Gasteiger partial charge in [-0.15, -0.1) is 12.4 Å². The highest BCUT2D eigenvalue weighted by molar-refractivity contribution is 6.31. The van der Waals surface area contributed by atoms with Gasteiger partial charge >= 0.3 is 0 Å². The van der Waals surface area contributed by atoms with Crippen molar-refractivity contribution in [1.82, 2.24) is 5.32 Å². The minimum Gasteiger partial charge on any atom is -0.325 e. The first kappa shape index (κ1) is 20.7. The van der Waals surface area contributed by atoms with Gasteiger partial charge < -0.3 is 16.0 Å². The fraction of sp³-hybridized carbons (Fsp3) is 0.529. The van der Waals surface area contributed by atoms with E-state index in [2.05, 4.69) is 22.9 Å². The van der Waals surface area contributed by atoms with Gasteiger partial charge in [0.15, 0.2) is 0 Å². The number of rotatable bonds is 5. The van der Waals surface area contributed by atoms with Crippen molar-refractivity contribution in [3.05, 3.63) is 23.2 Å². The van der Waals surface area contributed by atoms with Crippen molar-refractivity contribution in [3.63, 3.8) is 0 Å². The molecule has 0 spiro atoms. The summed E-state index contributed by atoms with van der Waals surface area (Å²) in [5.74, 6) is 0.594. The Morgan fingerprint density at radius 3 is 2.71 bits per heavy atom. The maximum Gasteiger partial charge on any atom is 0.224 e. The lowest BCUT2D eigenvalue weighted by Gasteiger charge is -2.28. The van der Waals surface area contributed by atoms with Crippen LogP contribution in [0.3, 0.4) is 0 Å². The molecular weight excluding hydrogens is 349 g/mol. The first-order valence-electron chi connectivity index (χ1n) is 8.03. The van der Waals surface area contributed by atoms with Gasteiger partial charge in [-0.25, -0.2) is 0 Å². The predicted molar refractivity (Wildman–Crippen MR) is 101 cm³/mol. The minimum atomic E-state index is -0.190. The van der Waals surface area contributed by atoms with Crippen molar-refractivity contribution in [3.8, 4) is 0 Å². The van der Waals surface area contributed by atoms with E-state index in [4.69, 9.17) is 11.6 Å². The van der Waals surface area contributed by atoms with Crippen molar-refractivity contribution < 1.29 is 9.59 Å². The summed E-state index contributed by atoms with van der Waals surface area (Å²) < 4.78 is 0. The zero-order valence-electron chi connectivity index (χ0n) is 14.0. The number of hydrogen-bond donors (Lipinski definition) is 3. The highest BCUT2D eigenvalue weighted by Crippen LogP contribution is 2.27. The largest absolute Gasteiger partial charge is 0.325 e. The summed E-state index contributed by atoms with van der Waals surface area (Å²) in [6, 6.07) is 5.02. The lowest BCUT2D eigenvalue weighted by atomic mass is 9.85. The van der Waals surface area contributed by atoms with Crippen molar-refractivity contribution >= 4 is 47.2 Å². The monoisotopic (exact) mass is 373 g/mol. The SMILES string of the molecule is CC(=O)Nc1ccc(Cl)cc1NC(=O)CC(C)C1CCCNC1.Cl. The molecule has 0 radical (unpaired) electrons.